The summed E-state index contributed by atoms with van der Waals surface area (Å²) >= 11 is 2.02. The number of aliphatic imine (C=N–C) groups is 1. The second-order valence-electron chi connectivity index (χ2n) is 4.32. The normalized spacial score (nSPS) is 23.2. The maximum atomic E-state index is 5.44. The average Bonchev–Trinajstić information content (AvgIpc) is 2.36. The number of ether oxygens (including phenoxy) is 1. The van der Waals surface area contributed by atoms with Crippen molar-refractivity contribution in [3.05, 3.63) is 0 Å². The highest BCUT2D eigenvalue weighted by molar-refractivity contribution is 7.99. The zero-order valence-corrected chi connectivity index (χ0v) is 11.6. The van der Waals surface area contributed by atoms with E-state index in [-0.39, 0.29) is 6.04 Å². The lowest BCUT2D eigenvalue weighted by Crippen LogP contribution is -2.47. The third-order valence-corrected chi connectivity index (χ3v) is 4.04. The molecule has 5 nitrogen and oxygen atoms in total. The van der Waals surface area contributed by atoms with Crippen LogP contribution in [0.4, 0.5) is 0 Å². The van der Waals surface area contributed by atoms with Gasteiger partial charge in [0.25, 0.3) is 0 Å². The number of methoxy groups -OCH3 is 1. The summed E-state index contributed by atoms with van der Waals surface area (Å²) in [5.74, 6) is 7.36. The molecular weight excluding hydrogens is 236 g/mol. The molecule has 4 N–H and O–H groups in total. The first-order valence-corrected chi connectivity index (χ1v) is 7.19. The van der Waals surface area contributed by atoms with Gasteiger partial charge in [0.1, 0.15) is 0 Å². The first-order valence-electron chi connectivity index (χ1n) is 6.14. The molecule has 1 fully saturated rings. The average molecular weight is 260 g/mol. The molecule has 6 heteroatoms. The van der Waals surface area contributed by atoms with Crippen LogP contribution in [0, 0.1) is 0 Å². The van der Waals surface area contributed by atoms with Crippen molar-refractivity contribution in [3.63, 3.8) is 0 Å². The van der Waals surface area contributed by atoms with Crippen molar-refractivity contribution < 1.29 is 4.74 Å². The van der Waals surface area contributed by atoms with Gasteiger partial charge in [0, 0.05) is 18.4 Å². The molecule has 1 heterocycles. The molecular formula is C11H24N4OS. The van der Waals surface area contributed by atoms with Crippen molar-refractivity contribution in [2.45, 2.75) is 37.5 Å². The Morgan fingerprint density at radius 2 is 2.41 bits per heavy atom. The Labute approximate surface area is 108 Å². The summed E-state index contributed by atoms with van der Waals surface area (Å²) in [5.41, 5.74) is 2.61. The molecule has 1 aliphatic rings. The number of nitrogens with zero attached hydrogens (tertiary/aromatic N) is 1. The van der Waals surface area contributed by atoms with Gasteiger partial charge in [-0.1, -0.05) is 6.42 Å². The number of nitrogens with two attached hydrogens (primary N) is 1. The van der Waals surface area contributed by atoms with Crippen LogP contribution in [0.15, 0.2) is 4.99 Å². The van der Waals surface area contributed by atoms with Gasteiger partial charge >= 0.3 is 0 Å². The van der Waals surface area contributed by atoms with Crippen molar-refractivity contribution in [2.75, 3.05) is 26.0 Å². The number of hydrazine groups is 1. The summed E-state index contributed by atoms with van der Waals surface area (Å²) in [6, 6.07) is 0.203. The number of hydrogen-bond acceptors (Lipinski definition) is 4. The maximum absolute atomic E-state index is 5.44. The van der Waals surface area contributed by atoms with E-state index in [0.717, 1.165) is 6.54 Å². The van der Waals surface area contributed by atoms with Crippen molar-refractivity contribution in [1.82, 2.24) is 10.7 Å². The highest BCUT2D eigenvalue weighted by atomic mass is 32.2. The van der Waals surface area contributed by atoms with Gasteiger partial charge in [-0.25, -0.2) is 5.84 Å². The van der Waals surface area contributed by atoms with Crippen molar-refractivity contribution in [1.29, 1.82) is 0 Å². The Morgan fingerprint density at radius 1 is 1.59 bits per heavy atom. The Bertz CT molecular complexity index is 232. The number of rotatable bonds is 5. The van der Waals surface area contributed by atoms with Crippen molar-refractivity contribution in [2.24, 2.45) is 10.8 Å². The smallest absolute Gasteiger partial charge is 0.206 e. The van der Waals surface area contributed by atoms with Gasteiger partial charge in [-0.15, -0.1) is 0 Å². The maximum Gasteiger partial charge on any atom is 0.206 e. The molecule has 0 radical (unpaired) electrons. The minimum absolute atomic E-state index is 0.203. The molecule has 0 aromatic rings. The van der Waals surface area contributed by atoms with E-state index in [2.05, 4.69) is 15.7 Å². The molecule has 1 saturated heterocycles. The molecule has 0 bridgehead atoms. The molecule has 0 saturated carbocycles. The monoisotopic (exact) mass is 260 g/mol. The van der Waals surface area contributed by atoms with E-state index < -0.39 is 0 Å². The highest BCUT2D eigenvalue weighted by Crippen LogP contribution is 2.24. The van der Waals surface area contributed by atoms with Crippen LogP contribution < -0.4 is 16.6 Å². The lowest BCUT2D eigenvalue weighted by Gasteiger charge is -2.20. The molecule has 0 aromatic carbocycles. The second-order valence-corrected chi connectivity index (χ2v) is 5.73. The van der Waals surface area contributed by atoms with Crippen LogP contribution in [0.2, 0.25) is 0 Å². The third kappa shape index (κ3) is 6.14. The van der Waals surface area contributed by atoms with E-state index >= 15 is 0 Å². The van der Waals surface area contributed by atoms with E-state index in [1.54, 1.807) is 7.11 Å². The summed E-state index contributed by atoms with van der Waals surface area (Å²) in [4.78, 5) is 4.48. The lowest BCUT2D eigenvalue weighted by atomic mass is 10.2. The molecule has 0 aromatic heterocycles. The summed E-state index contributed by atoms with van der Waals surface area (Å²) in [5, 5.41) is 3.83. The Kier molecular flexibility index (Phi) is 7.39. The molecule has 2 unspecified atom stereocenters. The molecule has 100 valence electrons. The molecule has 1 aliphatic heterocycles. The Morgan fingerprint density at radius 3 is 3.00 bits per heavy atom. The van der Waals surface area contributed by atoms with Crippen LogP contribution in [0.25, 0.3) is 0 Å². The predicted octanol–water partition coefficient (Wildman–Crippen LogP) is 0.716. The van der Waals surface area contributed by atoms with Crippen molar-refractivity contribution >= 4 is 17.7 Å². The van der Waals surface area contributed by atoms with Gasteiger partial charge in [-0.2, -0.15) is 11.8 Å². The minimum atomic E-state index is 0.203. The molecule has 17 heavy (non-hydrogen) atoms. The van der Waals surface area contributed by atoms with Crippen LogP contribution in [0.5, 0.6) is 0 Å². The van der Waals surface area contributed by atoms with Gasteiger partial charge in [-0.05, 0) is 25.5 Å². The molecule has 1 rings (SSSR count). The van der Waals surface area contributed by atoms with Gasteiger partial charge in [0.05, 0.1) is 13.2 Å². The number of thioether (sulfide) groups is 1. The minimum Gasteiger partial charge on any atom is -0.383 e. The van der Waals surface area contributed by atoms with E-state index in [1.165, 1.54) is 25.0 Å². The molecule has 2 atom stereocenters. The fourth-order valence-corrected chi connectivity index (χ4v) is 3.02. The number of nitrogens with one attached hydrogen (secondary N) is 2. The quantitative estimate of drug-likeness (QED) is 0.294. The lowest BCUT2D eigenvalue weighted by molar-refractivity contribution is 0.179. The van der Waals surface area contributed by atoms with E-state index in [4.69, 9.17) is 10.6 Å². The zero-order valence-electron chi connectivity index (χ0n) is 10.7. The van der Waals surface area contributed by atoms with Crippen LogP contribution in [-0.4, -0.2) is 43.3 Å². The number of guanidine groups is 1. The summed E-state index contributed by atoms with van der Waals surface area (Å²) in [7, 11) is 1.68. The van der Waals surface area contributed by atoms with Crippen molar-refractivity contribution in [3.8, 4) is 0 Å². The Hall–Kier alpha value is -0.460. The Balaban J connectivity index is 2.31. The van der Waals surface area contributed by atoms with Gasteiger partial charge < -0.3 is 10.1 Å². The van der Waals surface area contributed by atoms with Gasteiger partial charge in [0.2, 0.25) is 5.96 Å². The van der Waals surface area contributed by atoms with Crippen LogP contribution in [0.3, 0.4) is 0 Å². The summed E-state index contributed by atoms with van der Waals surface area (Å²) < 4.78 is 5.05. The molecule has 0 aliphatic carbocycles. The summed E-state index contributed by atoms with van der Waals surface area (Å²) in [6.07, 6.45) is 3.93. The van der Waals surface area contributed by atoms with E-state index in [1.807, 2.05) is 18.7 Å². The first kappa shape index (κ1) is 14.6. The van der Waals surface area contributed by atoms with E-state index in [9.17, 15) is 0 Å². The molecule has 0 spiro atoms. The fourth-order valence-electron chi connectivity index (χ4n) is 1.80. The standard InChI is InChI=1S/C11H24N4OS/c1-9(8-16-2)14-11(15-12)13-7-10-5-3-4-6-17-10/h9-10H,3-8,12H2,1-2H3,(H2,13,14,15). The van der Waals surface area contributed by atoms with Crippen LogP contribution in [-0.2, 0) is 4.74 Å². The molecule has 0 amide bonds. The van der Waals surface area contributed by atoms with Crippen LogP contribution in [0.1, 0.15) is 26.2 Å². The number of hydrogen-bond donors (Lipinski definition) is 3. The topological polar surface area (TPSA) is 71.7 Å². The largest absolute Gasteiger partial charge is 0.383 e. The zero-order chi connectivity index (χ0) is 12.5. The van der Waals surface area contributed by atoms with Gasteiger partial charge in [-0.3, -0.25) is 10.4 Å². The van der Waals surface area contributed by atoms with E-state index in [0.29, 0.717) is 17.8 Å². The first-order chi connectivity index (χ1) is 8.26. The fraction of sp³-hybridized carbons (Fsp3) is 0.909. The highest BCUT2D eigenvalue weighted by Gasteiger charge is 2.13. The van der Waals surface area contributed by atoms with Gasteiger partial charge in [0.15, 0.2) is 0 Å². The third-order valence-electron chi connectivity index (χ3n) is 2.66. The summed E-state index contributed by atoms with van der Waals surface area (Å²) in [6.45, 7) is 3.50. The second kappa shape index (κ2) is 8.60. The van der Waals surface area contributed by atoms with Crippen LogP contribution >= 0.6 is 11.8 Å². The SMILES string of the molecule is COCC(C)NC(=NCC1CCCCS1)NN. The predicted molar refractivity (Wildman–Crippen MR) is 74.2 cm³/mol.